The summed E-state index contributed by atoms with van der Waals surface area (Å²) in [7, 11) is 1.29. The standard InChI is InChI=1S/C25H21ClN4O5/c1-14-11-15(2)30(13-20(31)27-19-9-7-16(8-10-19)25(33)34-3)24(32)21(14)23-28-22(29-35-23)17-5-4-6-18(26)12-17/h4-12H,13H2,1-3H3,(H,27,31). The van der Waals surface area contributed by atoms with E-state index in [1.165, 1.54) is 23.8 Å². The molecule has 0 radical (unpaired) electrons. The summed E-state index contributed by atoms with van der Waals surface area (Å²) in [4.78, 5) is 42.0. The van der Waals surface area contributed by atoms with Crippen molar-refractivity contribution in [1.82, 2.24) is 14.7 Å². The van der Waals surface area contributed by atoms with E-state index in [0.29, 0.717) is 38.9 Å². The van der Waals surface area contributed by atoms with Crippen LogP contribution in [0.3, 0.4) is 0 Å². The van der Waals surface area contributed by atoms with E-state index >= 15 is 0 Å². The van der Waals surface area contributed by atoms with Gasteiger partial charge in [-0.25, -0.2) is 4.79 Å². The summed E-state index contributed by atoms with van der Waals surface area (Å²) < 4.78 is 11.4. The van der Waals surface area contributed by atoms with Crippen molar-refractivity contribution in [3.63, 3.8) is 0 Å². The fraction of sp³-hybridized carbons (Fsp3) is 0.160. The summed E-state index contributed by atoms with van der Waals surface area (Å²) in [5.41, 5.74) is 2.51. The second kappa shape index (κ2) is 9.94. The highest BCUT2D eigenvalue weighted by Gasteiger charge is 2.20. The van der Waals surface area contributed by atoms with Gasteiger partial charge in [0.05, 0.1) is 12.7 Å². The van der Waals surface area contributed by atoms with E-state index in [1.807, 2.05) is 0 Å². The van der Waals surface area contributed by atoms with Gasteiger partial charge in [-0.15, -0.1) is 0 Å². The highest BCUT2D eigenvalue weighted by atomic mass is 35.5. The highest BCUT2D eigenvalue weighted by Crippen LogP contribution is 2.24. The number of carbonyl (C=O) groups excluding carboxylic acids is 2. The van der Waals surface area contributed by atoms with Crippen LogP contribution in [0.15, 0.2) is 63.9 Å². The quantitative estimate of drug-likeness (QED) is 0.400. The van der Waals surface area contributed by atoms with Gasteiger partial charge < -0.3 is 19.1 Å². The van der Waals surface area contributed by atoms with E-state index in [9.17, 15) is 14.4 Å². The molecule has 0 atom stereocenters. The van der Waals surface area contributed by atoms with E-state index in [2.05, 4.69) is 20.2 Å². The lowest BCUT2D eigenvalue weighted by molar-refractivity contribution is -0.116. The van der Waals surface area contributed by atoms with Crippen LogP contribution in [0.1, 0.15) is 21.6 Å². The first-order valence-electron chi connectivity index (χ1n) is 10.6. The number of aromatic nitrogens is 3. The molecule has 0 fully saturated rings. The van der Waals surface area contributed by atoms with Gasteiger partial charge in [0.25, 0.3) is 11.4 Å². The van der Waals surface area contributed by atoms with Gasteiger partial charge in [-0.1, -0.05) is 28.9 Å². The normalized spacial score (nSPS) is 10.7. The molecule has 0 bridgehead atoms. The average molecular weight is 493 g/mol. The maximum absolute atomic E-state index is 13.3. The summed E-state index contributed by atoms with van der Waals surface area (Å²) in [6.07, 6.45) is 0. The van der Waals surface area contributed by atoms with Crippen LogP contribution in [0.2, 0.25) is 5.02 Å². The first kappa shape index (κ1) is 23.9. The Bertz CT molecular complexity index is 1470. The Morgan fingerprint density at radius 3 is 2.54 bits per heavy atom. The van der Waals surface area contributed by atoms with Gasteiger partial charge in [0.15, 0.2) is 0 Å². The van der Waals surface area contributed by atoms with Crippen LogP contribution in [0.4, 0.5) is 5.69 Å². The Balaban J connectivity index is 1.59. The van der Waals surface area contributed by atoms with Crippen molar-refractivity contribution in [2.24, 2.45) is 0 Å². The largest absolute Gasteiger partial charge is 0.465 e. The molecule has 35 heavy (non-hydrogen) atoms. The van der Waals surface area contributed by atoms with E-state index < -0.39 is 17.4 Å². The Morgan fingerprint density at radius 2 is 1.86 bits per heavy atom. The number of hydrogen-bond donors (Lipinski definition) is 1. The Kier molecular flexibility index (Phi) is 6.79. The van der Waals surface area contributed by atoms with Crippen LogP contribution < -0.4 is 10.9 Å². The monoisotopic (exact) mass is 492 g/mol. The smallest absolute Gasteiger partial charge is 0.337 e. The topological polar surface area (TPSA) is 116 Å². The number of rotatable bonds is 6. The van der Waals surface area contributed by atoms with Gasteiger partial charge in [-0.3, -0.25) is 9.59 Å². The first-order chi connectivity index (χ1) is 16.8. The number of nitrogens with zero attached hydrogens (tertiary/aromatic N) is 3. The number of anilines is 1. The zero-order valence-corrected chi connectivity index (χ0v) is 19.9. The van der Waals surface area contributed by atoms with E-state index in [0.717, 1.165) is 0 Å². The Hall–Kier alpha value is -4.24. The maximum Gasteiger partial charge on any atom is 0.337 e. The number of carbonyl (C=O) groups is 2. The molecule has 178 valence electrons. The molecule has 0 aliphatic heterocycles. The minimum absolute atomic E-state index is 0.0510. The van der Waals surface area contributed by atoms with Crippen LogP contribution in [0.5, 0.6) is 0 Å². The minimum atomic E-state index is -0.475. The third kappa shape index (κ3) is 5.15. The van der Waals surface area contributed by atoms with Crippen LogP contribution in [0.25, 0.3) is 22.8 Å². The van der Waals surface area contributed by atoms with Gasteiger partial charge in [0.2, 0.25) is 11.7 Å². The first-order valence-corrected chi connectivity index (χ1v) is 10.9. The number of hydrogen-bond acceptors (Lipinski definition) is 7. The van der Waals surface area contributed by atoms with Gasteiger partial charge in [0, 0.05) is 22.0 Å². The predicted octanol–water partition coefficient (Wildman–Crippen LogP) is 4.26. The number of ether oxygens (including phenoxy) is 1. The lowest BCUT2D eigenvalue weighted by Gasteiger charge is -2.13. The number of pyridine rings is 1. The van der Waals surface area contributed by atoms with Crippen molar-refractivity contribution < 1.29 is 18.8 Å². The Morgan fingerprint density at radius 1 is 1.11 bits per heavy atom. The summed E-state index contributed by atoms with van der Waals surface area (Å²) in [5, 5.41) is 7.22. The fourth-order valence-corrected chi connectivity index (χ4v) is 3.80. The summed E-state index contributed by atoms with van der Waals surface area (Å²) >= 11 is 6.04. The Labute approximate surface area is 205 Å². The molecule has 0 unspecified atom stereocenters. The molecule has 1 N–H and O–H groups in total. The van der Waals surface area contributed by atoms with Crippen molar-refractivity contribution in [1.29, 1.82) is 0 Å². The van der Waals surface area contributed by atoms with Crippen LogP contribution >= 0.6 is 11.6 Å². The molecule has 0 spiro atoms. The molecular weight excluding hydrogens is 472 g/mol. The molecule has 4 aromatic rings. The van der Waals surface area contributed by atoms with Crippen LogP contribution in [0, 0.1) is 13.8 Å². The van der Waals surface area contributed by atoms with Crippen molar-refractivity contribution in [2.45, 2.75) is 20.4 Å². The molecule has 4 rings (SSSR count). The summed E-state index contributed by atoms with van der Waals surface area (Å²) in [5.74, 6) is -0.547. The van der Waals surface area contributed by atoms with E-state index in [-0.39, 0.29) is 18.0 Å². The summed E-state index contributed by atoms with van der Waals surface area (Å²) in [6.45, 7) is 3.27. The van der Waals surface area contributed by atoms with Crippen molar-refractivity contribution in [3.8, 4) is 22.8 Å². The summed E-state index contributed by atoms with van der Waals surface area (Å²) in [6, 6.07) is 15.0. The van der Waals surface area contributed by atoms with Gasteiger partial charge in [-0.05, 0) is 61.9 Å². The van der Waals surface area contributed by atoms with Crippen LogP contribution in [-0.2, 0) is 16.1 Å². The number of halogens is 1. The fourth-order valence-electron chi connectivity index (χ4n) is 3.61. The molecule has 2 aromatic carbocycles. The molecule has 0 saturated carbocycles. The molecule has 9 nitrogen and oxygen atoms in total. The van der Waals surface area contributed by atoms with Crippen molar-refractivity contribution in [3.05, 3.63) is 86.8 Å². The maximum atomic E-state index is 13.3. The molecule has 1 amide bonds. The second-order valence-corrected chi connectivity index (χ2v) is 8.22. The SMILES string of the molecule is COC(=O)c1ccc(NC(=O)Cn2c(C)cc(C)c(-c3nc(-c4cccc(Cl)c4)no3)c2=O)cc1. The highest BCUT2D eigenvalue weighted by molar-refractivity contribution is 6.30. The third-order valence-corrected chi connectivity index (χ3v) is 5.55. The molecule has 2 heterocycles. The number of aryl methyl sites for hydroxylation is 2. The molecule has 2 aromatic heterocycles. The average Bonchev–Trinajstić information content (AvgIpc) is 3.31. The number of amides is 1. The predicted molar refractivity (Wildman–Crippen MR) is 130 cm³/mol. The van der Waals surface area contributed by atoms with Gasteiger partial charge in [-0.2, -0.15) is 4.98 Å². The minimum Gasteiger partial charge on any atom is -0.465 e. The molecular formula is C25H21ClN4O5. The van der Waals surface area contributed by atoms with Gasteiger partial charge >= 0.3 is 5.97 Å². The molecule has 0 aliphatic carbocycles. The van der Waals surface area contributed by atoms with Gasteiger partial charge in [0.1, 0.15) is 12.1 Å². The molecule has 0 saturated heterocycles. The lowest BCUT2D eigenvalue weighted by Crippen LogP contribution is -2.30. The van der Waals surface area contributed by atoms with E-state index in [1.54, 1.807) is 56.3 Å². The lowest BCUT2D eigenvalue weighted by atomic mass is 10.1. The van der Waals surface area contributed by atoms with Crippen molar-refractivity contribution in [2.75, 3.05) is 12.4 Å². The third-order valence-electron chi connectivity index (χ3n) is 5.32. The van der Waals surface area contributed by atoms with E-state index in [4.69, 9.17) is 16.1 Å². The second-order valence-electron chi connectivity index (χ2n) is 7.79. The number of benzene rings is 2. The number of methoxy groups -OCH3 is 1. The molecule has 10 heteroatoms. The van der Waals surface area contributed by atoms with Crippen molar-refractivity contribution >= 4 is 29.2 Å². The van der Waals surface area contributed by atoms with Crippen LogP contribution in [-0.4, -0.2) is 33.7 Å². The molecule has 0 aliphatic rings. The zero-order chi connectivity index (χ0) is 25.1. The zero-order valence-electron chi connectivity index (χ0n) is 19.2. The number of esters is 1. The number of nitrogens with one attached hydrogen (secondary N) is 1.